The van der Waals surface area contributed by atoms with E-state index >= 15 is 0 Å². The van der Waals surface area contributed by atoms with E-state index in [0.717, 1.165) is 26.2 Å². The van der Waals surface area contributed by atoms with Crippen LogP contribution < -0.4 is 5.32 Å². The van der Waals surface area contributed by atoms with E-state index in [1.54, 1.807) is 7.05 Å². The van der Waals surface area contributed by atoms with Crippen molar-refractivity contribution in [2.75, 3.05) is 33.3 Å². The largest absolute Gasteiger partial charge is 0.373 e. The van der Waals surface area contributed by atoms with Crippen molar-refractivity contribution in [3.63, 3.8) is 0 Å². The second-order valence-corrected chi connectivity index (χ2v) is 5.39. The number of hydrogen-bond donors (Lipinski definition) is 1. The van der Waals surface area contributed by atoms with E-state index in [4.69, 9.17) is 4.74 Å². The molecule has 0 aromatic heterocycles. The molecule has 2 amide bonds. The Morgan fingerprint density at radius 3 is 2.90 bits per heavy atom. The van der Waals surface area contributed by atoms with Crippen molar-refractivity contribution in [3.8, 4) is 0 Å². The molecule has 1 aromatic rings. The highest BCUT2D eigenvalue weighted by molar-refractivity contribution is 5.74. The van der Waals surface area contributed by atoms with Gasteiger partial charge < -0.3 is 15.0 Å². The van der Waals surface area contributed by atoms with Crippen molar-refractivity contribution in [2.24, 2.45) is 0 Å². The summed E-state index contributed by atoms with van der Waals surface area (Å²) in [7, 11) is 1.67. The Bertz CT molecular complexity index is 465. The number of ether oxygens (including phenoxy) is 1. The second kappa shape index (κ2) is 5.81. The Labute approximate surface area is 119 Å². The van der Waals surface area contributed by atoms with Crippen LogP contribution in [0, 0.1) is 0 Å². The van der Waals surface area contributed by atoms with Gasteiger partial charge in [0.25, 0.3) is 0 Å². The smallest absolute Gasteiger partial charge is 0.317 e. The molecule has 108 valence electrons. The van der Waals surface area contributed by atoms with Gasteiger partial charge in [-0.05, 0) is 5.56 Å². The lowest BCUT2D eigenvalue weighted by Gasteiger charge is -2.36. The number of morpholine rings is 1. The zero-order chi connectivity index (χ0) is 13.9. The van der Waals surface area contributed by atoms with E-state index in [2.05, 4.69) is 34.5 Å². The van der Waals surface area contributed by atoms with Crippen LogP contribution in [0.2, 0.25) is 0 Å². The molecule has 2 aliphatic heterocycles. The van der Waals surface area contributed by atoms with Crippen molar-refractivity contribution in [3.05, 3.63) is 35.9 Å². The first kappa shape index (κ1) is 13.4. The minimum Gasteiger partial charge on any atom is -0.373 e. The van der Waals surface area contributed by atoms with Crippen LogP contribution in [-0.2, 0) is 11.3 Å². The standard InChI is InChI=1S/C15H21N3O2/c1-16-15(19)18-10-13-14(11-18)20-8-7-17(13)9-12-5-3-2-4-6-12/h2-6,13-14H,7-11H2,1H3,(H,16,19). The number of fused-ring (bicyclic) bond motifs is 1. The first-order valence-corrected chi connectivity index (χ1v) is 7.14. The predicted molar refractivity (Wildman–Crippen MR) is 76.4 cm³/mol. The number of hydrogen-bond acceptors (Lipinski definition) is 3. The predicted octanol–water partition coefficient (Wildman–Crippen LogP) is 0.911. The monoisotopic (exact) mass is 275 g/mol. The van der Waals surface area contributed by atoms with Crippen LogP contribution in [0.3, 0.4) is 0 Å². The van der Waals surface area contributed by atoms with Crippen LogP contribution in [0.5, 0.6) is 0 Å². The van der Waals surface area contributed by atoms with E-state index in [1.807, 2.05) is 11.0 Å². The molecule has 2 fully saturated rings. The number of carbonyl (C=O) groups is 1. The zero-order valence-electron chi connectivity index (χ0n) is 11.8. The van der Waals surface area contributed by atoms with Crippen molar-refractivity contribution >= 4 is 6.03 Å². The number of carbonyl (C=O) groups excluding carboxylic acids is 1. The average Bonchev–Trinajstić information content (AvgIpc) is 2.93. The van der Waals surface area contributed by atoms with Crippen LogP contribution in [0.1, 0.15) is 5.56 Å². The van der Waals surface area contributed by atoms with Crippen LogP contribution in [0.25, 0.3) is 0 Å². The molecule has 5 nitrogen and oxygen atoms in total. The third-order valence-corrected chi connectivity index (χ3v) is 4.15. The highest BCUT2D eigenvalue weighted by atomic mass is 16.5. The molecule has 5 heteroatoms. The lowest BCUT2D eigenvalue weighted by Crippen LogP contribution is -2.50. The summed E-state index contributed by atoms with van der Waals surface area (Å²) in [5.74, 6) is 0. The number of nitrogens with one attached hydrogen (secondary N) is 1. The lowest BCUT2D eigenvalue weighted by atomic mass is 10.1. The fraction of sp³-hybridized carbons (Fsp3) is 0.533. The maximum absolute atomic E-state index is 11.8. The van der Waals surface area contributed by atoms with Gasteiger partial charge in [-0.25, -0.2) is 4.79 Å². The molecule has 2 heterocycles. The van der Waals surface area contributed by atoms with Gasteiger partial charge in [-0.15, -0.1) is 0 Å². The molecule has 1 N–H and O–H groups in total. The quantitative estimate of drug-likeness (QED) is 0.872. The number of urea groups is 1. The van der Waals surface area contributed by atoms with Gasteiger partial charge in [-0.3, -0.25) is 4.90 Å². The molecular weight excluding hydrogens is 254 g/mol. The maximum atomic E-state index is 11.8. The molecule has 3 rings (SSSR count). The number of nitrogens with zero attached hydrogens (tertiary/aromatic N) is 2. The molecular formula is C15H21N3O2. The third-order valence-electron chi connectivity index (χ3n) is 4.15. The van der Waals surface area contributed by atoms with Gasteiger partial charge in [-0.2, -0.15) is 0 Å². The van der Waals surface area contributed by atoms with Crippen LogP contribution in [0.4, 0.5) is 4.79 Å². The fourth-order valence-corrected chi connectivity index (χ4v) is 3.10. The normalized spacial score (nSPS) is 26.4. The summed E-state index contributed by atoms with van der Waals surface area (Å²) in [5.41, 5.74) is 1.31. The second-order valence-electron chi connectivity index (χ2n) is 5.39. The van der Waals surface area contributed by atoms with E-state index in [-0.39, 0.29) is 12.1 Å². The molecule has 0 bridgehead atoms. The minimum absolute atomic E-state index is 0.0114. The number of rotatable bonds is 2. The van der Waals surface area contributed by atoms with E-state index in [0.29, 0.717) is 12.6 Å². The molecule has 2 unspecified atom stereocenters. The summed E-state index contributed by atoms with van der Waals surface area (Å²) in [6.07, 6.45) is 0.143. The molecule has 0 spiro atoms. The summed E-state index contributed by atoms with van der Waals surface area (Å²) in [5, 5.41) is 2.69. The van der Waals surface area contributed by atoms with Crippen LogP contribution in [-0.4, -0.2) is 61.3 Å². The number of likely N-dealkylation sites (tertiary alicyclic amines) is 1. The first-order valence-electron chi connectivity index (χ1n) is 7.14. The Balaban J connectivity index is 1.68. The van der Waals surface area contributed by atoms with Gasteiger partial charge in [0.05, 0.1) is 25.3 Å². The zero-order valence-corrected chi connectivity index (χ0v) is 11.8. The molecule has 2 saturated heterocycles. The van der Waals surface area contributed by atoms with Gasteiger partial charge >= 0.3 is 6.03 Å². The van der Waals surface area contributed by atoms with Crippen molar-refractivity contribution < 1.29 is 9.53 Å². The maximum Gasteiger partial charge on any atom is 0.317 e. The SMILES string of the molecule is CNC(=O)N1CC2OCCN(Cc3ccccc3)C2C1. The summed E-state index contributed by atoms with van der Waals surface area (Å²) >= 11 is 0. The van der Waals surface area contributed by atoms with Gasteiger partial charge in [0.15, 0.2) is 0 Å². The molecule has 1 aromatic carbocycles. The van der Waals surface area contributed by atoms with Gasteiger partial charge in [-0.1, -0.05) is 30.3 Å². The number of amides is 2. The van der Waals surface area contributed by atoms with Crippen molar-refractivity contribution in [2.45, 2.75) is 18.7 Å². The Morgan fingerprint density at radius 1 is 1.35 bits per heavy atom. The van der Waals surface area contributed by atoms with Crippen LogP contribution >= 0.6 is 0 Å². The molecule has 2 aliphatic rings. The summed E-state index contributed by atoms with van der Waals surface area (Å²) in [6.45, 7) is 4.03. The van der Waals surface area contributed by atoms with Crippen molar-refractivity contribution in [1.29, 1.82) is 0 Å². The van der Waals surface area contributed by atoms with Gasteiger partial charge in [0.1, 0.15) is 0 Å². The molecule has 0 radical (unpaired) electrons. The molecule has 20 heavy (non-hydrogen) atoms. The van der Waals surface area contributed by atoms with Crippen LogP contribution in [0.15, 0.2) is 30.3 Å². The Morgan fingerprint density at radius 2 is 2.15 bits per heavy atom. The molecule has 0 aliphatic carbocycles. The summed E-state index contributed by atoms with van der Waals surface area (Å²) in [4.78, 5) is 16.0. The average molecular weight is 275 g/mol. The van der Waals surface area contributed by atoms with Gasteiger partial charge in [0.2, 0.25) is 0 Å². The summed E-state index contributed by atoms with van der Waals surface area (Å²) in [6, 6.07) is 10.8. The molecule has 0 saturated carbocycles. The van der Waals surface area contributed by atoms with Crippen molar-refractivity contribution in [1.82, 2.24) is 15.1 Å². The molecule has 2 atom stereocenters. The number of benzene rings is 1. The van der Waals surface area contributed by atoms with E-state index in [1.165, 1.54) is 5.56 Å². The van der Waals surface area contributed by atoms with E-state index < -0.39 is 0 Å². The summed E-state index contributed by atoms with van der Waals surface area (Å²) < 4.78 is 5.83. The first-order chi connectivity index (χ1) is 9.78. The highest BCUT2D eigenvalue weighted by Crippen LogP contribution is 2.24. The Kier molecular flexibility index (Phi) is 3.89. The minimum atomic E-state index is -0.0114. The topological polar surface area (TPSA) is 44.8 Å². The Hall–Kier alpha value is -1.59. The third kappa shape index (κ3) is 2.64. The van der Waals surface area contributed by atoms with Gasteiger partial charge in [0, 0.05) is 26.7 Å². The van der Waals surface area contributed by atoms with E-state index in [9.17, 15) is 4.79 Å². The lowest BCUT2D eigenvalue weighted by molar-refractivity contribution is -0.0503. The fourth-order valence-electron chi connectivity index (χ4n) is 3.10. The highest BCUT2D eigenvalue weighted by Gasteiger charge is 2.41.